The Morgan fingerprint density at radius 1 is 1.00 bits per heavy atom. The van der Waals surface area contributed by atoms with Crippen LogP contribution >= 0.6 is 0 Å². The topological polar surface area (TPSA) is 87.7 Å². The van der Waals surface area contributed by atoms with Gasteiger partial charge in [-0.05, 0) is 81.2 Å². The number of rotatable bonds is 9. The maximum absolute atomic E-state index is 13.3. The molecule has 3 aromatic rings. The predicted octanol–water partition coefficient (Wildman–Crippen LogP) is 4.68. The zero-order valence-electron chi connectivity index (χ0n) is 21.0. The van der Waals surface area contributed by atoms with Crippen molar-refractivity contribution in [2.75, 3.05) is 31.5 Å². The molecular formula is C28H33N3O4S. The van der Waals surface area contributed by atoms with Crippen molar-refractivity contribution in [1.82, 2.24) is 10.2 Å². The van der Waals surface area contributed by atoms with Crippen LogP contribution in [-0.2, 0) is 10.0 Å². The summed E-state index contributed by atoms with van der Waals surface area (Å²) in [6.45, 7) is 5.99. The van der Waals surface area contributed by atoms with Gasteiger partial charge in [0, 0.05) is 23.4 Å². The fraction of sp³-hybridized carbons (Fsp3) is 0.321. The minimum atomic E-state index is -3.85. The quantitative estimate of drug-likeness (QED) is 0.439. The number of para-hydroxylation sites is 1. The lowest BCUT2D eigenvalue weighted by Crippen LogP contribution is -2.37. The monoisotopic (exact) mass is 507 g/mol. The summed E-state index contributed by atoms with van der Waals surface area (Å²) in [4.78, 5) is 15.7. The molecule has 1 fully saturated rings. The first-order chi connectivity index (χ1) is 17.3. The molecule has 7 nitrogen and oxygen atoms in total. The number of anilines is 1. The van der Waals surface area contributed by atoms with Crippen molar-refractivity contribution in [2.24, 2.45) is 0 Å². The number of carbonyl (C=O) groups excluding carboxylic acids is 1. The highest BCUT2D eigenvalue weighted by molar-refractivity contribution is 7.92. The molecule has 2 N–H and O–H groups in total. The third kappa shape index (κ3) is 5.88. The van der Waals surface area contributed by atoms with Crippen LogP contribution in [0.3, 0.4) is 0 Å². The van der Waals surface area contributed by atoms with Crippen LogP contribution in [0.2, 0.25) is 0 Å². The second-order valence-corrected chi connectivity index (χ2v) is 10.8. The largest absolute Gasteiger partial charge is 0.496 e. The van der Waals surface area contributed by atoms with Crippen LogP contribution < -0.4 is 14.8 Å². The molecule has 4 rings (SSSR count). The molecule has 1 aliphatic heterocycles. The number of methoxy groups -OCH3 is 1. The highest BCUT2D eigenvalue weighted by Gasteiger charge is 2.27. The molecular weight excluding hydrogens is 474 g/mol. The Morgan fingerprint density at radius 2 is 1.75 bits per heavy atom. The minimum Gasteiger partial charge on any atom is -0.496 e. The van der Waals surface area contributed by atoms with E-state index in [0.717, 1.165) is 42.8 Å². The molecule has 3 aromatic carbocycles. The summed E-state index contributed by atoms with van der Waals surface area (Å²) in [5.41, 5.74) is 3.49. The number of carbonyl (C=O) groups is 1. The van der Waals surface area contributed by atoms with E-state index >= 15 is 0 Å². The third-order valence-corrected chi connectivity index (χ3v) is 7.95. The Kier molecular flexibility index (Phi) is 7.96. The van der Waals surface area contributed by atoms with Gasteiger partial charge in [0.1, 0.15) is 5.75 Å². The van der Waals surface area contributed by atoms with Gasteiger partial charge in [0.25, 0.3) is 15.9 Å². The number of benzene rings is 3. The second kappa shape index (κ2) is 11.1. The molecule has 1 amide bonds. The van der Waals surface area contributed by atoms with E-state index in [4.69, 9.17) is 4.74 Å². The predicted molar refractivity (Wildman–Crippen MR) is 142 cm³/mol. The van der Waals surface area contributed by atoms with Crippen LogP contribution in [0.5, 0.6) is 5.75 Å². The molecule has 8 heteroatoms. The minimum absolute atomic E-state index is 0.0391. The Bertz CT molecular complexity index is 1330. The van der Waals surface area contributed by atoms with Crippen LogP contribution in [0.1, 0.15) is 45.9 Å². The summed E-state index contributed by atoms with van der Waals surface area (Å²) in [6, 6.07) is 19.6. The second-order valence-electron chi connectivity index (χ2n) is 9.16. The Morgan fingerprint density at radius 3 is 2.47 bits per heavy atom. The molecule has 0 aromatic heterocycles. The SMILES string of the molecule is COc1ccccc1[C@@H](CNC(=O)c1cc(S(=O)(=O)Nc2cccc(C)c2)ccc1C)N1CCCC1. The maximum Gasteiger partial charge on any atom is 0.261 e. The molecule has 190 valence electrons. The third-order valence-electron chi connectivity index (χ3n) is 6.57. The van der Waals surface area contributed by atoms with Crippen molar-refractivity contribution in [3.63, 3.8) is 0 Å². The van der Waals surface area contributed by atoms with E-state index < -0.39 is 10.0 Å². The molecule has 1 atom stereocenters. The van der Waals surface area contributed by atoms with E-state index in [1.165, 1.54) is 12.1 Å². The average Bonchev–Trinajstić information content (AvgIpc) is 3.39. The highest BCUT2D eigenvalue weighted by atomic mass is 32.2. The number of hydrogen-bond donors (Lipinski definition) is 2. The van der Waals surface area contributed by atoms with Gasteiger partial charge in [-0.25, -0.2) is 8.42 Å². The van der Waals surface area contributed by atoms with Crippen LogP contribution in [0.15, 0.2) is 71.6 Å². The van der Waals surface area contributed by atoms with E-state index in [-0.39, 0.29) is 16.8 Å². The first-order valence-electron chi connectivity index (χ1n) is 12.1. The van der Waals surface area contributed by atoms with Gasteiger partial charge in [-0.2, -0.15) is 0 Å². The van der Waals surface area contributed by atoms with E-state index in [9.17, 15) is 13.2 Å². The first kappa shape index (κ1) is 25.7. The molecule has 0 spiro atoms. The molecule has 0 radical (unpaired) electrons. The van der Waals surface area contributed by atoms with Crippen molar-refractivity contribution in [3.8, 4) is 5.75 Å². The van der Waals surface area contributed by atoms with Crippen LogP contribution in [0, 0.1) is 13.8 Å². The van der Waals surface area contributed by atoms with Crippen molar-refractivity contribution in [1.29, 1.82) is 0 Å². The molecule has 1 aliphatic rings. The molecule has 36 heavy (non-hydrogen) atoms. The fourth-order valence-electron chi connectivity index (χ4n) is 4.65. The van der Waals surface area contributed by atoms with E-state index in [1.807, 2.05) is 37.3 Å². The zero-order chi connectivity index (χ0) is 25.7. The number of nitrogens with zero attached hydrogens (tertiary/aromatic N) is 1. The van der Waals surface area contributed by atoms with Gasteiger partial charge in [-0.15, -0.1) is 0 Å². The van der Waals surface area contributed by atoms with Crippen molar-refractivity contribution in [2.45, 2.75) is 37.6 Å². The number of amides is 1. The van der Waals surface area contributed by atoms with Crippen molar-refractivity contribution < 1.29 is 17.9 Å². The fourth-order valence-corrected chi connectivity index (χ4v) is 5.73. The molecule has 0 saturated carbocycles. The van der Waals surface area contributed by atoms with Crippen molar-refractivity contribution in [3.05, 3.63) is 89.0 Å². The van der Waals surface area contributed by atoms with Crippen LogP contribution in [0.25, 0.3) is 0 Å². The van der Waals surface area contributed by atoms with E-state index in [1.54, 1.807) is 38.3 Å². The number of aryl methyl sites for hydroxylation is 2. The summed E-state index contributed by atoms with van der Waals surface area (Å²) in [7, 11) is -2.20. The van der Waals surface area contributed by atoms with Gasteiger partial charge in [0.05, 0.1) is 18.0 Å². The molecule has 1 heterocycles. The lowest BCUT2D eigenvalue weighted by Gasteiger charge is -2.29. The number of ether oxygens (including phenoxy) is 1. The molecule has 0 unspecified atom stereocenters. The highest BCUT2D eigenvalue weighted by Crippen LogP contribution is 2.31. The number of nitrogens with one attached hydrogen (secondary N) is 2. The van der Waals surface area contributed by atoms with Crippen LogP contribution in [-0.4, -0.2) is 46.0 Å². The zero-order valence-corrected chi connectivity index (χ0v) is 21.8. The summed E-state index contributed by atoms with van der Waals surface area (Å²) in [6.07, 6.45) is 2.24. The van der Waals surface area contributed by atoms with E-state index in [2.05, 4.69) is 14.9 Å². The summed E-state index contributed by atoms with van der Waals surface area (Å²) in [5, 5.41) is 3.05. The standard InChI is InChI=1S/C28H33N3O4S/c1-20-9-8-10-22(17-20)30-36(33,34)23-14-13-21(2)25(18-23)28(32)29-19-26(31-15-6-7-16-31)24-11-4-5-12-27(24)35-3/h4-5,8-14,17-18,26,30H,6-7,15-16,19H2,1-3H3,(H,29,32)/t26-/m1/s1. The number of hydrogen-bond acceptors (Lipinski definition) is 5. The van der Waals surface area contributed by atoms with Gasteiger partial charge in [0.2, 0.25) is 0 Å². The van der Waals surface area contributed by atoms with Gasteiger partial charge >= 0.3 is 0 Å². The van der Waals surface area contributed by atoms with E-state index in [0.29, 0.717) is 23.4 Å². The normalized spacial score (nSPS) is 14.9. The lowest BCUT2D eigenvalue weighted by atomic mass is 10.0. The summed E-state index contributed by atoms with van der Waals surface area (Å²) >= 11 is 0. The van der Waals surface area contributed by atoms with Gasteiger partial charge in [-0.3, -0.25) is 14.4 Å². The van der Waals surface area contributed by atoms with Crippen molar-refractivity contribution >= 4 is 21.6 Å². The summed E-state index contributed by atoms with van der Waals surface area (Å²) in [5.74, 6) is 0.481. The summed E-state index contributed by atoms with van der Waals surface area (Å²) < 4.78 is 34.3. The smallest absolute Gasteiger partial charge is 0.261 e. The first-order valence-corrected chi connectivity index (χ1v) is 13.6. The Balaban J connectivity index is 1.55. The number of sulfonamides is 1. The molecule has 1 saturated heterocycles. The Labute approximate surface area is 213 Å². The molecule has 0 aliphatic carbocycles. The van der Waals surface area contributed by atoms with Gasteiger partial charge in [-0.1, -0.05) is 36.4 Å². The van der Waals surface area contributed by atoms with Gasteiger partial charge < -0.3 is 10.1 Å². The average molecular weight is 508 g/mol. The lowest BCUT2D eigenvalue weighted by molar-refractivity contribution is 0.0936. The number of likely N-dealkylation sites (tertiary alicyclic amines) is 1. The van der Waals surface area contributed by atoms with Crippen LogP contribution in [0.4, 0.5) is 5.69 Å². The maximum atomic E-state index is 13.3. The molecule has 0 bridgehead atoms. The van der Waals surface area contributed by atoms with Gasteiger partial charge in [0.15, 0.2) is 0 Å². The Hall–Kier alpha value is -3.36.